The summed E-state index contributed by atoms with van der Waals surface area (Å²) in [5, 5.41) is 3.48. The molecule has 0 aliphatic heterocycles. The molecule has 2 nitrogen and oxygen atoms in total. The average Bonchev–Trinajstić information content (AvgIpc) is 2.31. The Morgan fingerprint density at radius 1 is 1.15 bits per heavy atom. The maximum absolute atomic E-state index is 3.71. The van der Waals surface area contributed by atoms with Crippen LogP contribution in [0.3, 0.4) is 0 Å². The van der Waals surface area contributed by atoms with Gasteiger partial charge in [0.25, 0.3) is 0 Å². The van der Waals surface area contributed by atoms with Gasteiger partial charge in [0.2, 0.25) is 0 Å². The number of rotatable bonds is 8. The van der Waals surface area contributed by atoms with E-state index in [0.717, 1.165) is 26.2 Å². The van der Waals surface area contributed by atoms with Crippen molar-refractivity contribution in [1.82, 2.24) is 10.2 Å². The Balaban J connectivity index is 2.54. The summed E-state index contributed by atoms with van der Waals surface area (Å²) in [5.41, 5.74) is 2.70. The van der Waals surface area contributed by atoms with Crippen LogP contribution in [0.4, 0.5) is 0 Å². The zero-order valence-corrected chi connectivity index (χ0v) is 15.1. The first-order valence-corrected chi connectivity index (χ1v) is 8.34. The minimum absolute atomic E-state index is 0.697. The first-order chi connectivity index (χ1) is 9.38. The fourth-order valence-corrected chi connectivity index (χ4v) is 2.86. The van der Waals surface area contributed by atoms with Gasteiger partial charge in [-0.15, -0.1) is 0 Å². The van der Waals surface area contributed by atoms with Gasteiger partial charge in [0.1, 0.15) is 0 Å². The van der Waals surface area contributed by atoms with E-state index in [-0.39, 0.29) is 0 Å². The molecule has 1 N–H and O–H groups in total. The average molecular weight is 341 g/mol. The largest absolute Gasteiger partial charge is 0.312 e. The first-order valence-electron chi connectivity index (χ1n) is 7.55. The van der Waals surface area contributed by atoms with Gasteiger partial charge in [-0.1, -0.05) is 55.8 Å². The van der Waals surface area contributed by atoms with Gasteiger partial charge >= 0.3 is 0 Å². The minimum atomic E-state index is 0.697. The van der Waals surface area contributed by atoms with E-state index in [1.54, 1.807) is 0 Å². The van der Waals surface area contributed by atoms with Crippen LogP contribution < -0.4 is 5.32 Å². The molecule has 1 aromatic rings. The molecule has 0 aliphatic carbocycles. The van der Waals surface area contributed by atoms with Crippen molar-refractivity contribution in [2.24, 2.45) is 11.8 Å². The van der Waals surface area contributed by atoms with Crippen LogP contribution in [0.15, 0.2) is 22.7 Å². The van der Waals surface area contributed by atoms with Crippen LogP contribution in [-0.2, 0) is 13.1 Å². The van der Waals surface area contributed by atoms with Crippen molar-refractivity contribution >= 4 is 15.9 Å². The summed E-state index contributed by atoms with van der Waals surface area (Å²) in [6.07, 6.45) is 0. The van der Waals surface area contributed by atoms with Gasteiger partial charge in [0, 0.05) is 24.1 Å². The lowest BCUT2D eigenvalue weighted by atomic mass is 10.1. The number of nitrogens with zero attached hydrogens (tertiary/aromatic N) is 1. The topological polar surface area (TPSA) is 15.3 Å². The second-order valence-electron chi connectivity index (χ2n) is 6.54. The lowest BCUT2D eigenvalue weighted by Gasteiger charge is -2.20. The number of hydrogen-bond donors (Lipinski definition) is 1. The number of halogens is 1. The predicted molar refractivity (Wildman–Crippen MR) is 91.9 cm³/mol. The van der Waals surface area contributed by atoms with Crippen molar-refractivity contribution in [3.63, 3.8) is 0 Å². The Bertz CT molecular complexity index is 402. The van der Waals surface area contributed by atoms with Crippen LogP contribution in [0.1, 0.15) is 38.8 Å². The summed E-state index contributed by atoms with van der Waals surface area (Å²) in [5.74, 6) is 1.40. The molecule has 1 rings (SSSR count). The van der Waals surface area contributed by atoms with Gasteiger partial charge in [-0.25, -0.2) is 0 Å². The fourth-order valence-electron chi connectivity index (χ4n) is 2.31. The summed E-state index contributed by atoms with van der Waals surface area (Å²) >= 11 is 3.71. The molecule has 0 unspecified atom stereocenters. The van der Waals surface area contributed by atoms with E-state index in [2.05, 4.69) is 79.1 Å². The van der Waals surface area contributed by atoms with Gasteiger partial charge in [-0.2, -0.15) is 0 Å². The SMILES string of the molecule is CC(C)CNCc1ccc(CN(C)CC(C)C)c(Br)c1. The minimum Gasteiger partial charge on any atom is -0.312 e. The Labute approximate surface area is 133 Å². The Morgan fingerprint density at radius 3 is 2.40 bits per heavy atom. The molecule has 1 aromatic carbocycles. The predicted octanol–water partition coefficient (Wildman–Crippen LogP) is 4.28. The molecule has 0 bridgehead atoms. The van der Waals surface area contributed by atoms with E-state index in [1.165, 1.54) is 15.6 Å². The highest BCUT2D eigenvalue weighted by Gasteiger charge is 2.07. The van der Waals surface area contributed by atoms with Crippen LogP contribution in [0.25, 0.3) is 0 Å². The van der Waals surface area contributed by atoms with Crippen LogP contribution in [0.2, 0.25) is 0 Å². The normalized spacial score (nSPS) is 11.8. The summed E-state index contributed by atoms with van der Waals surface area (Å²) in [7, 11) is 2.19. The fraction of sp³-hybridized carbons (Fsp3) is 0.647. The van der Waals surface area contributed by atoms with Crippen molar-refractivity contribution in [1.29, 1.82) is 0 Å². The van der Waals surface area contributed by atoms with E-state index in [1.807, 2.05) is 0 Å². The lowest BCUT2D eigenvalue weighted by molar-refractivity contribution is 0.288. The van der Waals surface area contributed by atoms with Crippen LogP contribution in [-0.4, -0.2) is 25.0 Å². The van der Waals surface area contributed by atoms with Crippen LogP contribution >= 0.6 is 15.9 Å². The highest BCUT2D eigenvalue weighted by Crippen LogP contribution is 2.20. The molecule has 0 radical (unpaired) electrons. The highest BCUT2D eigenvalue weighted by molar-refractivity contribution is 9.10. The van der Waals surface area contributed by atoms with Gasteiger partial charge in [-0.05, 0) is 42.6 Å². The number of benzene rings is 1. The summed E-state index contributed by atoms with van der Waals surface area (Å²) in [6.45, 7) is 13.1. The molecule has 0 saturated heterocycles. The van der Waals surface area contributed by atoms with Gasteiger partial charge < -0.3 is 10.2 Å². The Morgan fingerprint density at radius 2 is 1.85 bits per heavy atom. The smallest absolute Gasteiger partial charge is 0.0242 e. The Hall–Kier alpha value is -0.380. The molecular weight excluding hydrogens is 312 g/mol. The van der Waals surface area contributed by atoms with Gasteiger partial charge in [0.05, 0.1) is 0 Å². The third-order valence-corrected chi connectivity index (χ3v) is 3.85. The van der Waals surface area contributed by atoms with E-state index in [4.69, 9.17) is 0 Å². The van der Waals surface area contributed by atoms with E-state index in [0.29, 0.717) is 11.8 Å². The van der Waals surface area contributed by atoms with E-state index in [9.17, 15) is 0 Å². The molecular formula is C17H29BrN2. The molecule has 0 aliphatic rings. The quantitative estimate of drug-likeness (QED) is 0.759. The van der Waals surface area contributed by atoms with Crippen molar-refractivity contribution in [3.05, 3.63) is 33.8 Å². The van der Waals surface area contributed by atoms with Gasteiger partial charge in [-0.3, -0.25) is 0 Å². The maximum atomic E-state index is 3.71. The molecule has 114 valence electrons. The molecule has 0 heterocycles. The monoisotopic (exact) mass is 340 g/mol. The van der Waals surface area contributed by atoms with Crippen molar-refractivity contribution in [3.8, 4) is 0 Å². The number of nitrogens with one attached hydrogen (secondary N) is 1. The second-order valence-corrected chi connectivity index (χ2v) is 7.40. The Kier molecular flexibility index (Phi) is 7.78. The van der Waals surface area contributed by atoms with Crippen molar-refractivity contribution < 1.29 is 0 Å². The molecule has 20 heavy (non-hydrogen) atoms. The van der Waals surface area contributed by atoms with E-state index < -0.39 is 0 Å². The first kappa shape index (κ1) is 17.7. The third kappa shape index (κ3) is 6.87. The molecule has 0 spiro atoms. The number of hydrogen-bond acceptors (Lipinski definition) is 2. The van der Waals surface area contributed by atoms with E-state index >= 15 is 0 Å². The summed E-state index contributed by atoms with van der Waals surface area (Å²) in [4.78, 5) is 2.38. The zero-order valence-electron chi connectivity index (χ0n) is 13.5. The second kappa shape index (κ2) is 8.81. The summed E-state index contributed by atoms with van der Waals surface area (Å²) < 4.78 is 1.22. The highest BCUT2D eigenvalue weighted by atomic mass is 79.9. The third-order valence-electron chi connectivity index (χ3n) is 3.12. The molecule has 0 fully saturated rings. The van der Waals surface area contributed by atoms with Crippen LogP contribution in [0, 0.1) is 11.8 Å². The molecule has 3 heteroatoms. The standard InChI is InChI=1S/C17H29BrN2/c1-13(2)9-19-10-15-6-7-16(17(18)8-15)12-20(5)11-14(3)4/h6-8,13-14,19H,9-12H2,1-5H3. The summed E-state index contributed by atoms with van der Waals surface area (Å²) in [6, 6.07) is 6.72. The molecule has 0 saturated carbocycles. The van der Waals surface area contributed by atoms with Crippen molar-refractivity contribution in [2.45, 2.75) is 40.8 Å². The zero-order chi connectivity index (χ0) is 15.1. The molecule has 0 atom stereocenters. The lowest BCUT2D eigenvalue weighted by Crippen LogP contribution is -2.23. The molecule has 0 aromatic heterocycles. The van der Waals surface area contributed by atoms with Crippen LogP contribution in [0.5, 0.6) is 0 Å². The van der Waals surface area contributed by atoms with Crippen molar-refractivity contribution in [2.75, 3.05) is 20.1 Å². The molecule has 0 amide bonds. The van der Waals surface area contributed by atoms with Gasteiger partial charge in [0.15, 0.2) is 0 Å². The maximum Gasteiger partial charge on any atom is 0.0242 e.